The maximum absolute atomic E-state index is 12.9. The molecule has 0 saturated heterocycles. The van der Waals surface area contributed by atoms with E-state index in [2.05, 4.69) is 26.1 Å². The molecule has 0 aliphatic rings. The van der Waals surface area contributed by atoms with Crippen molar-refractivity contribution in [2.45, 2.75) is 52.4 Å². The summed E-state index contributed by atoms with van der Waals surface area (Å²) in [6.45, 7) is 12.3. The predicted molar refractivity (Wildman–Crippen MR) is 104 cm³/mol. The molecule has 0 aliphatic heterocycles. The highest BCUT2D eigenvalue weighted by Crippen LogP contribution is 2.41. The van der Waals surface area contributed by atoms with Crippen LogP contribution in [-0.4, -0.2) is 11.0 Å². The minimum Gasteiger partial charge on any atom is -0.508 e. The molecule has 2 aromatic carbocycles. The lowest BCUT2D eigenvalue weighted by atomic mass is 9.72. The van der Waals surface area contributed by atoms with Gasteiger partial charge in [-0.1, -0.05) is 41.5 Å². The molecule has 0 heterocycles. The molecule has 0 aromatic heterocycles. The van der Waals surface area contributed by atoms with Crippen LogP contribution in [0, 0.1) is 0 Å². The van der Waals surface area contributed by atoms with Crippen LogP contribution in [0.3, 0.4) is 0 Å². The summed E-state index contributed by atoms with van der Waals surface area (Å²) in [7, 11) is 0. The van der Waals surface area contributed by atoms with Crippen LogP contribution in [-0.2, 0) is 10.8 Å². The van der Waals surface area contributed by atoms with Crippen LogP contribution in [0.1, 0.15) is 63.0 Å². The summed E-state index contributed by atoms with van der Waals surface area (Å²) in [4.78, 5) is 12.9. The van der Waals surface area contributed by atoms with Gasteiger partial charge in [-0.2, -0.15) is 0 Å². The number of carbonyl (C=O) groups is 1. The maximum atomic E-state index is 12.9. The van der Waals surface area contributed by atoms with E-state index >= 15 is 0 Å². The molecular formula is C21H28N2O2. The summed E-state index contributed by atoms with van der Waals surface area (Å²) in [6, 6.07) is 10.3. The predicted octanol–water partition coefficient (Wildman–Crippen LogP) is 4.82. The van der Waals surface area contributed by atoms with E-state index in [0.29, 0.717) is 16.9 Å². The second kappa shape index (κ2) is 6.43. The maximum Gasteiger partial charge on any atom is 0.255 e. The number of benzene rings is 2. The first-order valence-corrected chi connectivity index (χ1v) is 8.45. The molecule has 0 spiro atoms. The second-order valence-corrected chi connectivity index (χ2v) is 8.46. The number of phenolic OH excluding ortho intramolecular Hbond substituents is 1. The van der Waals surface area contributed by atoms with Gasteiger partial charge in [0.25, 0.3) is 5.91 Å². The Morgan fingerprint density at radius 1 is 0.880 bits per heavy atom. The van der Waals surface area contributed by atoms with Crippen LogP contribution in [0.5, 0.6) is 5.75 Å². The lowest BCUT2D eigenvalue weighted by Crippen LogP contribution is -2.27. The Labute approximate surface area is 150 Å². The van der Waals surface area contributed by atoms with E-state index in [-0.39, 0.29) is 22.5 Å². The first-order valence-electron chi connectivity index (χ1n) is 8.45. The molecule has 0 radical (unpaired) electrons. The molecule has 0 aliphatic carbocycles. The fourth-order valence-electron chi connectivity index (χ4n) is 3.08. The molecule has 2 rings (SSSR count). The van der Waals surface area contributed by atoms with Crippen molar-refractivity contribution in [2.24, 2.45) is 0 Å². The standard InChI is InChI=1S/C21H28N2O2/c1-20(2,3)17-15(11-12-16(24)18(17)21(4,5)6)19(25)23-14-9-7-13(22)8-10-14/h7-12,24H,22H2,1-6H3,(H,23,25). The Morgan fingerprint density at radius 3 is 1.88 bits per heavy atom. The zero-order valence-corrected chi connectivity index (χ0v) is 15.9. The van der Waals surface area contributed by atoms with Crippen LogP contribution in [0.15, 0.2) is 36.4 Å². The Kier molecular flexibility index (Phi) is 4.85. The smallest absolute Gasteiger partial charge is 0.255 e. The average molecular weight is 340 g/mol. The average Bonchev–Trinajstić information content (AvgIpc) is 2.47. The van der Waals surface area contributed by atoms with Crippen molar-refractivity contribution in [2.75, 3.05) is 11.1 Å². The normalized spacial score (nSPS) is 12.1. The molecule has 0 unspecified atom stereocenters. The van der Waals surface area contributed by atoms with Crippen molar-refractivity contribution in [3.63, 3.8) is 0 Å². The first-order chi connectivity index (χ1) is 11.4. The van der Waals surface area contributed by atoms with Gasteiger partial charge in [0, 0.05) is 22.5 Å². The molecule has 0 atom stereocenters. The van der Waals surface area contributed by atoms with Crippen molar-refractivity contribution < 1.29 is 9.90 Å². The quantitative estimate of drug-likeness (QED) is 0.686. The number of nitrogens with one attached hydrogen (secondary N) is 1. The van der Waals surface area contributed by atoms with Crippen LogP contribution < -0.4 is 11.1 Å². The second-order valence-electron chi connectivity index (χ2n) is 8.46. The van der Waals surface area contributed by atoms with Gasteiger partial charge in [-0.25, -0.2) is 0 Å². The zero-order valence-electron chi connectivity index (χ0n) is 15.9. The molecule has 0 saturated carbocycles. The Balaban J connectivity index is 2.57. The van der Waals surface area contributed by atoms with Gasteiger partial charge in [-0.3, -0.25) is 4.79 Å². The molecular weight excluding hydrogens is 312 g/mol. The van der Waals surface area contributed by atoms with E-state index in [0.717, 1.165) is 11.1 Å². The SMILES string of the molecule is CC(C)(C)c1c(O)ccc(C(=O)Nc2ccc(N)cc2)c1C(C)(C)C. The summed E-state index contributed by atoms with van der Waals surface area (Å²) in [5.74, 6) is 0.0293. The number of amides is 1. The molecule has 4 nitrogen and oxygen atoms in total. The number of rotatable bonds is 2. The summed E-state index contributed by atoms with van der Waals surface area (Å²) in [5, 5.41) is 13.4. The van der Waals surface area contributed by atoms with Gasteiger partial charge in [-0.15, -0.1) is 0 Å². The first kappa shape index (κ1) is 18.8. The van der Waals surface area contributed by atoms with Crippen molar-refractivity contribution in [1.29, 1.82) is 0 Å². The molecule has 25 heavy (non-hydrogen) atoms. The van der Waals surface area contributed by atoms with Gasteiger partial charge in [0.1, 0.15) is 5.75 Å². The number of carbonyl (C=O) groups excluding carboxylic acids is 1. The van der Waals surface area contributed by atoms with E-state index in [1.807, 2.05) is 20.8 Å². The van der Waals surface area contributed by atoms with Crippen molar-refractivity contribution in [3.05, 3.63) is 53.1 Å². The van der Waals surface area contributed by atoms with E-state index in [1.165, 1.54) is 0 Å². The van der Waals surface area contributed by atoms with Crippen LogP contribution >= 0.6 is 0 Å². The largest absolute Gasteiger partial charge is 0.508 e. The summed E-state index contributed by atoms with van der Waals surface area (Å²) in [5.41, 5.74) is 8.70. The van der Waals surface area contributed by atoms with E-state index in [9.17, 15) is 9.90 Å². The third-order valence-electron chi connectivity index (χ3n) is 4.10. The summed E-state index contributed by atoms with van der Waals surface area (Å²) in [6.07, 6.45) is 0. The minimum absolute atomic E-state index is 0.194. The van der Waals surface area contributed by atoms with Crippen molar-refractivity contribution >= 4 is 17.3 Å². The van der Waals surface area contributed by atoms with Gasteiger partial charge in [0.05, 0.1) is 0 Å². The lowest BCUT2D eigenvalue weighted by molar-refractivity contribution is 0.102. The van der Waals surface area contributed by atoms with E-state index in [1.54, 1.807) is 36.4 Å². The number of nitrogens with two attached hydrogens (primary N) is 1. The monoisotopic (exact) mass is 340 g/mol. The third kappa shape index (κ3) is 4.13. The Hall–Kier alpha value is -2.49. The highest BCUT2D eigenvalue weighted by atomic mass is 16.3. The summed E-state index contributed by atoms with van der Waals surface area (Å²) >= 11 is 0. The molecule has 134 valence electrons. The number of phenols is 1. The third-order valence-corrected chi connectivity index (χ3v) is 4.10. The van der Waals surface area contributed by atoms with Crippen molar-refractivity contribution in [3.8, 4) is 5.75 Å². The number of aromatic hydroxyl groups is 1. The highest BCUT2D eigenvalue weighted by Gasteiger charge is 2.32. The molecule has 1 amide bonds. The van der Waals surface area contributed by atoms with Crippen molar-refractivity contribution in [1.82, 2.24) is 0 Å². The van der Waals surface area contributed by atoms with Gasteiger partial charge in [0.2, 0.25) is 0 Å². The molecule has 0 bridgehead atoms. The lowest BCUT2D eigenvalue weighted by Gasteiger charge is -2.32. The van der Waals surface area contributed by atoms with Gasteiger partial charge in [0.15, 0.2) is 0 Å². The highest BCUT2D eigenvalue weighted by molar-refractivity contribution is 6.06. The van der Waals surface area contributed by atoms with Crippen LogP contribution in [0.4, 0.5) is 11.4 Å². The molecule has 2 aromatic rings. The van der Waals surface area contributed by atoms with E-state index < -0.39 is 0 Å². The number of hydrogen-bond acceptors (Lipinski definition) is 3. The number of hydrogen-bond donors (Lipinski definition) is 3. The van der Waals surface area contributed by atoms with Gasteiger partial charge in [-0.05, 0) is 52.8 Å². The topological polar surface area (TPSA) is 75.3 Å². The Morgan fingerprint density at radius 2 is 1.40 bits per heavy atom. The van der Waals surface area contributed by atoms with Crippen LogP contribution in [0.25, 0.3) is 0 Å². The van der Waals surface area contributed by atoms with E-state index in [4.69, 9.17) is 5.73 Å². The molecule has 4 heteroatoms. The van der Waals surface area contributed by atoms with Gasteiger partial charge < -0.3 is 16.2 Å². The zero-order chi connectivity index (χ0) is 19.0. The van der Waals surface area contributed by atoms with Gasteiger partial charge >= 0.3 is 0 Å². The number of anilines is 2. The number of nitrogen functional groups attached to an aromatic ring is 1. The fraction of sp³-hybridized carbons (Fsp3) is 0.381. The molecule has 0 fully saturated rings. The van der Waals surface area contributed by atoms with Crippen LogP contribution in [0.2, 0.25) is 0 Å². The molecule has 4 N–H and O–H groups in total. The Bertz CT molecular complexity index is 779. The summed E-state index contributed by atoms with van der Waals surface area (Å²) < 4.78 is 0. The minimum atomic E-state index is -0.296. The fourth-order valence-corrected chi connectivity index (χ4v) is 3.08.